The number of benzene rings is 3. The van der Waals surface area contributed by atoms with E-state index < -0.39 is 11.6 Å². The topological polar surface area (TPSA) is 66.6 Å². The van der Waals surface area contributed by atoms with Crippen LogP contribution >= 0.6 is 11.3 Å². The third-order valence-electron chi connectivity index (χ3n) is 4.85. The van der Waals surface area contributed by atoms with Gasteiger partial charge in [0, 0.05) is 16.8 Å². The number of nitrogens with zero attached hydrogens (tertiary/aromatic N) is 4. The predicted molar refractivity (Wildman–Crippen MR) is 123 cm³/mol. The molecule has 160 valence electrons. The highest BCUT2D eigenvalue weighted by molar-refractivity contribution is 7.07. The second-order valence-electron chi connectivity index (χ2n) is 7.05. The minimum absolute atomic E-state index is 0.00303. The molecule has 33 heavy (non-hydrogen) atoms. The normalized spacial score (nSPS) is 12.0. The van der Waals surface area contributed by atoms with Crippen LogP contribution in [-0.4, -0.2) is 10.9 Å². The highest BCUT2D eigenvalue weighted by atomic mass is 32.1. The zero-order chi connectivity index (χ0) is 22.8. The molecule has 0 saturated heterocycles. The predicted octanol–water partition coefficient (Wildman–Crippen LogP) is 6.23. The fraction of sp³-hybridized carbons (Fsp3) is 0. The summed E-state index contributed by atoms with van der Waals surface area (Å²) in [4.78, 5) is 4.74. The zero-order valence-corrected chi connectivity index (χ0v) is 17.8. The van der Waals surface area contributed by atoms with Crippen LogP contribution in [0.1, 0.15) is 11.1 Å². The first kappa shape index (κ1) is 20.5. The van der Waals surface area contributed by atoms with Gasteiger partial charge in [0.15, 0.2) is 11.6 Å². The Morgan fingerprint density at radius 1 is 1.00 bits per heavy atom. The third-order valence-corrected chi connectivity index (χ3v) is 5.67. The van der Waals surface area contributed by atoms with E-state index in [4.69, 9.17) is 9.68 Å². The van der Waals surface area contributed by atoms with Crippen molar-refractivity contribution in [2.45, 2.75) is 0 Å². The molecule has 5 aromatic rings. The molecule has 8 heteroatoms. The number of nitriles is 1. The fourth-order valence-corrected chi connectivity index (χ4v) is 4.04. The van der Waals surface area contributed by atoms with Crippen molar-refractivity contribution in [3.05, 3.63) is 106 Å². The lowest BCUT2D eigenvalue weighted by Gasteiger charge is -2.01. The molecule has 5 nitrogen and oxygen atoms in total. The maximum Gasteiger partial charge on any atom is 0.211 e. The first-order valence-electron chi connectivity index (χ1n) is 9.84. The number of furan rings is 1. The number of thiazole rings is 1. The molecular weight excluding hydrogens is 442 g/mol. The van der Waals surface area contributed by atoms with Gasteiger partial charge in [-0.2, -0.15) is 10.4 Å². The Morgan fingerprint density at radius 2 is 1.82 bits per heavy atom. The Balaban J connectivity index is 1.65. The summed E-state index contributed by atoms with van der Waals surface area (Å²) in [6.07, 6.45) is 1.61. The van der Waals surface area contributed by atoms with E-state index in [0.29, 0.717) is 21.8 Å². The van der Waals surface area contributed by atoms with Gasteiger partial charge in [0.1, 0.15) is 22.8 Å². The van der Waals surface area contributed by atoms with Gasteiger partial charge in [-0.05, 0) is 42.0 Å². The SMILES string of the molecule is N#Cc1ccc(/C=N\n2c(-c3cc4ccccc4o3)csc2=Nc2ccc(F)cc2F)cc1. The Kier molecular flexibility index (Phi) is 5.39. The van der Waals surface area contributed by atoms with Gasteiger partial charge in [0.25, 0.3) is 0 Å². The highest BCUT2D eigenvalue weighted by Crippen LogP contribution is 2.28. The van der Waals surface area contributed by atoms with E-state index >= 15 is 0 Å². The van der Waals surface area contributed by atoms with Crippen LogP contribution in [0.2, 0.25) is 0 Å². The summed E-state index contributed by atoms with van der Waals surface area (Å²) < 4.78 is 35.1. The molecule has 0 aliphatic carbocycles. The monoisotopic (exact) mass is 456 g/mol. The van der Waals surface area contributed by atoms with Gasteiger partial charge >= 0.3 is 0 Å². The molecule has 0 radical (unpaired) electrons. The van der Waals surface area contributed by atoms with Crippen LogP contribution in [-0.2, 0) is 0 Å². The Morgan fingerprint density at radius 3 is 2.58 bits per heavy atom. The number of halogens is 2. The number of para-hydroxylation sites is 1. The van der Waals surface area contributed by atoms with Crippen LogP contribution < -0.4 is 4.80 Å². The van der Waals surface area contributed by atoms with Crippen molar-refractivity contribution in [1.29, 1.82) is 5.26 Å². The summed E-state index contributed by atoms with van der Waals surface area (Å²) >= 11 is 1.25. The molecule has 0 N–H and O–H groups in total. The van der Waals surface area contributed by atoms with Crippen LogP contribution in [0.15, 0.2) is 92.7 Å². The van der Waals surface area contributed by atoms with Crippen molar-refractivity contribution in [2.24, 2.45) is 10.1 Å². The van der Waals surface area contributed by atoms with Crippen LogP contribution in [0, 0.1) is 23.0 Å². The number of hydrogen-bond donors (Lipinski definition) is 0. The largest absolute Gasteiger partial charge is 0.454 e. The molecule has 0 spiro atoms. The van der Waals surface area contributed by atoms with E-state index in [1.165, 1.54) is 17.4 Å². The molecule has 2 aromatic heterocycles. The van der Waals surface area contributed by atoms with Crippen LogP contribution in [0.25, 0.3) is 22.4 Å². The van der Waals surface area contributed by atoms with E-state index in [1.54, 1.807) is 35.2 Å². The molecule has 0 aliphatic heterocycles. The Hall–Kier alpha value is -4.35. The molecule has 0 aliphatic rings. The third kappa shape index (κ3) is 4.22. The average Bonchev–Trinajstić information content (AvgIpc) is 3.43. The first-order chi connectivity index (χ1) is 16.1. The lowest BCUT2D eigenvalue weighted by atomic mass is 10.2. The molecule has 0 bridgehead atoms. The van der Waals surface area contributed by atoms with Crippen LogP contribution in [0.5, 0.6) is 0 Å². The molecule has 0 amide bonds. The van der Waals surface area contributed by atoms with E-state index in [1.807, 2.05) is 35.7 Å². The van der Waals surface area contributed by atoms with Gasteiger partial charge in [0.05, 0.1) is 17.8 Å². The summed E-state index contributed by atoms with van der Waals surface area (Å²) in [5.41, 5.74) is 2.66. The van der Waals surface area contributed by atoms with Gasteiger partial charge in [0.2, 0.25) is 4.80 Å². The number of fused-ring (bicyclic) bond motifs is 1. The second-order valence-corrected chi connectivity index (χ2v) is 7.89. The summed E-state index contributed by atoms with van der Waals surface area (Å²) in [6, 6.07) is 21.7. The lowest BCUT2D eigenvalue weighted by molar-refractivity contribution is 0.584. The lowest BCUT2D eigenvalue weighted by Crippen LogP contribution is -2.11. The molecule has 3 aromatic carbocycles. The van der Waals surface area contributed by atoms with E-state index in [-0.39, 0.29) is 5.69 Å². The number of hydrogen-bond acceptors (Lipinski definition) is 5. The smallest absolute Gasteiger partial charge is 0.211 e. The van der Waals surface area contributed by atoms with E-state index in [2.05, 4.69) is 16.2 Å². The number of aromatic nitrogens is 1. The van der Waals surface area contributed by atoms with Crippen LogP contribution in [0.3, 0.4) is 0 Å². The van der Waals surface area contributed by atoms with Gasteiger partial charge in [-0.1, -0.05) is 30.3 Å². The summed E-state index contributed by atoms with van der Waals surface area (Å²) in [5.74, 6) is -0.867. The molecule has 2 heterocycles. The standard InChI is InChI=1S/C25H14F2N4OS/c26-19-9-10-21(20(27)12-19)30-25-31(29-14-17-7-5-16(13-28)6-8-17)22(15-33-25)24-11-18-3-1-2-4-23(18)32-24/h1-12,14-15H/b29-14-,30-25?. The first-order valence-corrected chi connectivity index (χ1v) is 10.7. The molecule has 5 rings (SSSR count). The maximum absolute atomic E-state index is 14.2. The Labute approximate surface area is 190 Å². The van der Waals surface area contributed by atoms with Crippen molar-refractivity contribution in [2.75, 3.05) is 0 Å². The molecule has 0 fully saturated rings. The molecule has 0 atom stereocenters. The fourth-order valence-electron chi connectivity index (χ4n) is 3.21. The van der Waals surface area contributed by atoms with Crippen molar-refractivity contribution < 1.29 is 13.2 Å². The van der Waals surface area contributed by atoms with Gasteiger partial charge in [-0.3, -0.25) is 0 Å². The number of rotatable bonds is 4. The summed E-state index contributed by atoms with van der Waals surface area (Å²) in [6.45, 7) is 0. The second kappa shape index (κ2) is 8.65. The highest BCUT2D eigenvalue weighted by Gasteiger charge is 2.13. The summed E-state index contributed by atoms with van der Waals surface area (Å²) in [7, 11) is 0. The van der Waals surface area contributed by atoms with E-state index in [9.17, 15) is 8.78 Å². The maximum atomic E-state index is 14.2. The van der Waals surface area contributed by atoms with Gasteiger partial charge in [-0.25, -0.2) is 18.4 Å². The van der Waals surface area contributed by atoms with Crippen molar-refractivity contribution in [3.63, 3.8) is 0 Å². The minimum atomic E-state index is -0.767. The minimum Gasteiger partial charge on any atom is -0.454 e. The average molecular weight is 456 g/mol. The van der Waals surface area contributed by atoms with Gasteiger partial charge < -0.3 is 4.42 Å². The van der Waals surface area contributed by atoms with Crippen molar-refractivity contribution in [3.8, 4) is 17.5 Å². The zero-order valence-electron chi connectivity index (χ0n) is 16.9. The quantitative estimate of drug-likeness (QED) is 0.301. The van der Waals surface area contributed by atoms with Crippen LogP contribution in [0.4, 0.5) is 14.5 Å². The van der Waals surface area contributed by atoms with Gasteiger partial charge in [-0.15, -0.1) is 11.3 Å². The summed E-state index contributed by atoms with van der Waals surface area (Å²) in [5, 5.41) is 16.3. The molecule has 0 unspecified atom stereocenters. The molecule has 0 saturated carbocycles. The Bertz CT molecular complexity index is 1570. The van der Waals surface area contributed by atoms with Crippen molar-refractivity contribution >= 4 is 34.2 Å². The van der Waals surface area contributed by atoms with Crippen molar-refractivity contribution in [1.82, 2.24) is 4.68 Å². The molecular formula is C25H14F2N4OS. The van der Waals surface area contributed by atoms with E-state index in [0.717, 1.165) is 28.7 Å².